The molecule has 180 valence electrons. The highest BCUT2D eigenvalue weighted by Crippen LogP contribution is 2.41. The van der Waals surface area contributed by atoms with Gasteiger partial charge in [0.1, 0.15) is 0 Å². The molecular formula is C25H35ClN4O3. The molecule has 2 aliphatic carbocycles. The largest absolute Gasteiger partial charge is 0.388 e. The Morgan fingerprint density at radius 1 is 1.27 bits per heavy atom. The van der Waals surface area contributed by atoms with Crippen molar-refractivity contribution in [2.75, 3.05) is 13.1 Å². The van der Waals surface area contributed by atoms with Crippen LogP contribution < -0.4 is 11.1 Å². The monoisotopic (exact) mass is 474 g/mol. The number of halogens is 1. The van der Waals surface area contributed by atoms with Gasteiger partial charge in [0.05, 0.1) is 34.0 Å². The number of nitrogens with one attached hydrogen (secondary N) is 1. The van der Waals surface area contributed by atoms with E-state index >= 15 is 0 Å². The number of carbonyl (C=O) groups is 1. The first kappa shape index (κ1) is 24.2. The van der Waals surface area contributed by atoms with Crippen LogP contribution in [0.15, 0.2) is 24.3 Å². The third kappa shape index (κ3) is 5.96. The second-order valence-corrected chi connectivity index (χ2v) is 10.5. The summed E-state index contributed by atoms with van der Waals surface area (Å²) in [4.78, 5) is 13.0. The zero-order valence-electron chi connectivity index (χ0n) is 19.3. The lowest BCUT2D eigenvalue weighted by atomic mass is 9.94. The average molecular weight is 475 g/mol. The number of hydrogen-bond donors (Lipinski definition) is 4. The Hall–Kier alpha value is -1.93. The number of hydrogen-bond acceptors (Lipinski definition) is 5. The molecule has 0 aliphatic heterocycles. The highest BCUT2D eigenvalue weighted by Gasteiger charge is 2.31. The number of carbonyl (C=O) groups excluding carboxylic acids is 1. The normalized spacial score (nSPS) is 20.2. The van der Waals surface area contributed by atoms with Crippen molar-refractivity contribution >= 4 is 17.5 Å². The van der Waals surface area contributed by atoms with E-state index in [1.54, 1.807) is 19.1 Å². The smallest absolute Gasteiger partial charge is 0.252 e. The molecule has 2 saturated carbocycles. The number of amides is 1. The van der Waals surface area contributed by atoms with Gasteiger partial charge in [-0.25, -0.2) is 0 Å². The Morgan fingerprint density at radius 3 is 2.61 bits per heavy atom. The van der Waals surface area contributed by atoms with Crippen LogP contribution in [0.25, 0.3) is 11.3 Å². The summed E-state index contributed by atoms with van der Waals surface area (Å²) >= 11 is 6.37. The van der Waals surface area contributed by atoms with E-state index < -0.39 is 11.2 Å². The van der Waals surface area contributed by atoms with Crippen LogP contribution in [0.3, 0.4) is 0 Å². The summed E-state index contributed by atoms with van der Waals surface area (Å²) in [5.74, 6) is 0.141. The first-order valence-electron chi connectivity index (χ1n) is 12.0. The van der Waals surface area contributed by atoms with Gasteiger partial charge in [-0.1, -0.05) is 43.4 Å². The van der Waals surface area contributed by atoms with E-state index in [9.17, 15) is 15.0 Å². The van der Waals surface area contributed by atoms with Gasteiger partial charge >= 0.3 is 0 Å². The van der Waals surface area contributed by atoms with E-state index in [1.807, 2.05) is 16.8 Å². The quantitative estimate of drug-likeness (QED) is 0.436. The van der Waals surface area contributed by atoms with Gasteiger partial charge in [0.15, 0.2) is 0 Å². The van der Waals surface area contributed by atoms with Crippen LogP contribution in [-0.4, -0.2) is 50.2 Å². The average Bonchev–Trinajstić information content (AvgIpc) is 3.58. The Balaban J connectivity index is 1.54. The van der Waals surface area contributed by atoms with Crippen LogP contribution in [0.4, 0.5) is 0 Å². The van der Waals surface area contributed by atoms with Gasteiger partial charge in [-0.2, -0.15) is 5.10 Å². The van der Waals surface area contributed by atoms with E-state index in [2.05, 4.69) is 5.32 Å². The first-order valence-corrected chi connectivity index (χ1v) is 12.4. The van der Waals surface area contributed by atoms with Crippen molar-refractivity contribution in [3.05, 3.63) is 40.5 Å². The van der Waals surface area contributed by atoms with E-state index in [1.165, 1.54) is 0 Å². The summed E-state index contributed by atoms with van der Waals surface area (Å²) in [6.07, 6.45) is 7.82. The van der Waals surface area contributed by atoms with Crippen molar-refractivity contribution in [1.29, 1.82) is 0 Å². The van der Waals surface area contributed by atoms with E-state index in [4.69, 9.17) is 22.4 Å². The predicted octanol–water partition coefficient (Wildman–Crippen LogP) is 3.61. The topological polar surface area (TPSA) is 113 Å². The minimum absolute atomic E-state index is 0.143. The number of nitrogens with zero attached hydrogens (tertiary/aromatic N) is 2. The van der Waals surface area contributed by atoms with Gasteiger partial charge in [-0.15, -0.1) is 0 Å². The maximum absolute atomic E-state index is 13.0. The SMILES string of the molecule is CC(O)(CN)Cn1nc(-c2ccc(Cl)c(C(=O)NCC3(O)CCCCCC3)c2)cc1C1CC1. The van der Waals surface area contributed by atoms with Crippen LogP contribution in [-0.2, 0) is 6.54 Å². The minimum atomic E-state index is -1.05. The predicted molar refractivity (Wildman–Crippen MR) is 129 cm³/mol. The molecule has 1 unspecified atom stereocenters. The zero-order valence-corrected chi connectivity index (χ0v) is 20.1. The second kappa shape index (κ2) is 9.74. The fraction of sp³-hybridized carbons (Fsp3) is 0.600. The number of aromatic nitrogens is 2. The number of nitrogens with two attached hydrogens (primary N) is 1. The molecule has 0 radical (unpaired) electrons. The molecular weight excluding hydrogens is 440 g/mol. The molecule has 0 bridgehead atoms. The zero-order chi connectivity index (χ0) is 23.6. The van der Waals surface area contributed by atoms with Gasteiger partial charge in [0, 0.05) is 30.3 Å². The lowest BCUT2D eigenvalue weighted by Crippen LogP contribution is -2.42. The number of aliphatic hydroxyl groups is 2. The fourth-order valence-electron chi connectivity index (χ4n) is 4.56. The van der Waals surface area contributed by atoms with Crippen LogP contribution >= 0.6 is 11.6 Å². The summed E-state index contributed by atoms with van der Waals surface area (Å²) in [5.41, 5.74) is 6.78. The molecule has 1 aromatic heterocycles. The highest BCUT2D eigenvalue weighted by molar-refractivity contribution is 6.34. The molecule has 4 rings (SSSR count). The van der Waals surface area contributed by atoms with Gasteiger partial charge in [0.25, 0.3) is 5.91 Å². The fourth-order valence-corrected chi connectivity index (χ4v) is 4.76. The molecule has 0 saturated heterocycles. The molecule has 0 spiro atoms. The third-order valence-electron chi connectivity index (χ3n) is 6.86. The Kier molecular flexibility index (Phi) is 7.15. The van der Waals surface area contributed by atoms with E-state index in [0.717, 1.165) is 55.5 Å². The van der Waals surface area contributed by atoms with Gasteiger partial charge in [-0.3, -0.25) is 9.48 Å². The molecule has 33 heavy (non-hydrogen) atoms. The lowest BCUT2D eigenvalue weighted by molar-refractivity contribution is 0.0246. The van der Waals surface area contributed by atoms with Crippen LogP contribution in [0.2, 0.25) is 5.02 Å². The molecule has 5 N–H and O–H groups in total. The van der Waals surface area contributed by atoms with Crippen molar-refractivity contribution in [3.63, 3.8) is 0 Å². The van der Waals surface area contributed by atoms with Crippen molar-refractivity contribution in [1.82, 2.24) is 15.1 Å². The summed E-state index contributed by atoms with van der Waals surface area (Å²) < 4.78 is 1.84. The van der Waals surface area contributed by atoms with Crippen LogP contribution in [0.1, 0.15) is 80.3 Å². The molecule has 2 aliphatic rings. The van der Waals surface area contributed by atoms with Crippen molar-refractivity contribution in [2.45, 2.75) is 82.0 Å². The minimum Gasteiger partial charge on any atom is -0.388 e. The molecule has 1 heterocycles. The molecule has 8 heteroatoms. The molecule has 2 fully saturated rings. The van der Waals surface area contributed by atoms with E-state index in [0.29, 0.717) is 35.9 Å². The first-order chi connectivity index (χ1) is 15.7. The Labute approximate surface area is 200 Å². The lowest BCUT2D eigenvalue weighted by Gasteiger charge is -2.26. The van der Waals surface area contributed by atoms with Crippen molar-refractivity contribution in [2.24, 2.45) is 5.73 Å². The number of benzene rings is 1. The summed E-state index contributed by atoms with van der Waals surface area (Å²) in [5, 5.41) is 29.3. The summed E-state index contributed by atoms with van der Waals surface area (Å²) in [6.45, 7) is 2.39. The summed E-state index contributed by atoms with van der Waals surface area (Å²) in [6, 6.07) is 7.34. The second-order valence-electron chi connectivity index (χ2n) is 10.1. The van der Waals surface area contributed by atoms with Crippen LogP contribution in [0.5, 0.6) is 0 Å². The van der Waals surface area contributed by atoms with Gasteiger partial charge in [0.2, 0.25) is 0 Å². The standard InChI is InChI=1S/C25H35ClN4O3/c1-24(32,14-27)16-30-22(17-6-7-17)13-21(29-30)18-8-9-20(26)19(12-18)23(31)28-15-25(33)10-4-2-3-5-11-25/h8-9,12-13,17,32-33H,2-7,10-11,14-16,27H2,1H3,(H,28,31). The van der Waals surface area contributed by atoms with Crippen molar-refractivity contribution in [3.8, 4) is 11.3 Å². The van der Waals surface area contributed by atoms with Gasteiger partial charge < -0.3 is 21.3 Å². The van der Waals surface area contributed by atoms with E-state index in [-0.39, 0.29) is 19.0 Å². The summed E-state index contributed by atoms with van der Waals surface area (Å²) in [7, 11) is 0. The Morgan fingerprint density at radius 2 is 1.97 bits per heavy atom. The highest BCUT2D eigenvalue weighted by atomic mass is 35.5. The third-order valence-corrected chi connectivity index (χ3v) is 7.19. The maximum Gasteiger partial charge on any atom is 0.252 e. The molecule has 7 nitrogen and oxygen atoms in total. The molecule has 1 atom stereocenters. The maximum atomic E-state index is 13.0. The molecule has 2 aromatic rings. The molecule has 1 aromatic carbocycles. The Bertz CT molecular complexity index is 992. The van der Waals surface area contributed by atoms with Crippen LogP contribution in [0, 0.1) is 0 Å². The molecule has 1 amide bonds. The van der Waals surface area contributed by atoms with Crippen molar-refractivity contribution < 1.29 is 15.0 Å². The number of rotatable bonds is 8. The van der Waals surface area contributed by atoms with Gasteiger partial charge in [-0.05, 0) is 50.8 Å².